The van der Waals surface area contributed by atoms with Gasteiger partial charge in [-0.25, -0.2) is 9.78 Å². The van der Waals surface area contributed by atoms with E-state index < -0.39 is 5.63 Å². The van der Waals surface area contributed by atoms with Gasteiger partial charge >= 0.3 is 5.63 Å². The smallest absolute Gasteiger partial charge is 0.362 e. The first kappa shape index (κ1) is 13.4. The minimum absolute atomic E-state index is 0.0427. The molecule has 0 aliphatic rings. The second kappa shape index (κ2) is 5.42. The van der Waals surface area contributed by atoms with Crippen LogP contribution in [0.3, 0.4) is 0 Å². The molecule has 3 aromatic rings. The highest BCUT2D eigenvalue weighted by molar-refractivity contribution is 6.30. The maximum absolute atomic E-state index is 11.8. The highest BCUT2D eigenvalue weighted by atomic mass is 35.5. The van der Waals surface area contributed by atoms with Gasteiger partial charge in [-0.2, -0.15) is 0 Å². The van der Waals surface area contributed by atoms with Crippen molar-refractivity contribution < 1.29 is 9.52 Å². The van der Waals surface area contributed by atoms with Crippen LogP contribution >= 0.6 is 11.6 Å². The van der Waals surface area contributed by atoms with Gasteiger partial charge in [0.1, 0.15) is 11.3 Å². The van der Waals surface area contributed by atoms with E-state index in [0.717, 1.165) is 0 Å². The lowest BCUT2D eigenvalue weighted by atomic mass is 10.1. The molecule has 0 saturated heterocycles. The number of aliphatic hydroxyl groups excluding tert-OH is 1. The van der Waals surface area contributed by atoms with Crippen molar-refractivity contribution in [1.82, 2.24) is 4.98 Å². The van der Waals surface area contributed by atoms with Gasteiger partial charge in [-0.05, 0) is 36.4 Å². The van der Waals surface area contributed by atoms with E-state index in [2.05, 4.69) is 4.98 Å². The van der Waals surface area contributed by atoms with E-state index in [0.29, 0.717) is 21.7 Å². The lowest BCUT2D eigenvalue weighted by molar-refractivity contribution is 0.514. The van der Waals surface area contributed by atoms with E-state index in [1.807, 2.05) is 0 Å². The molecule has 5 heteroatoms. The summed E-state index contributed by atoms with van der Waals surface area (Å²) in [5, 5.41) is 10.6. The van der Waals surface area contributed by atoms with Crippen LogP contribution in [0.4, 0.5) is 0 Å². The minimum atomic E-state index is -0.603. The lowest BCUT2D eigenvalue weighted by Gasteiger charge is -2.01. The Morgan fingerprint density at radius 1 is 1.14 bits per heavy atom. The van der Waals surface area contributed by atoms with E-state index >= 15 is 0 Å². The Hall–Kier alpha value is -2.59. The van der Waals surface area contributed by atoms with Crippen LogP contribution in [0.1, 0.15) is 11.3 Å². The van der Waals surface area contributed by atoms with Crippen LogP contribution in [0.25, 0.3) is 22.9 Å². The Labute approximate surface area is 124 Å². The predicted molar refractivity (Wildman–Crippen MR) is 82.2 cm³/mol. The van der Waals surface area contributed by atoms with Crippen LogP contribution in [0.15, 0.2) is 57.7 Å². The molecule has 0 aliphatic heterocycles. The quantitative estimate of drug-likeness (QED) is 0.729. The molecule has 3 rings (SSSR count). The van der Waals surface area contributed by atoms with Crippen LogP contribution in [0.5, 0.6) is 0 Å². The minimum Gasteiger partial charge on any atom is -0.507 e. The molecule has 1 aromatic heterocycles. The molecule has 0 bridgehead atoms. The van der Waals surface area contributed by atoms with Crippen molar-refractivity contribution in [2.24, 2.45) is 0 Å². The molecule has 0 amide bonds. The first-order chi connectivity index (χ1) is 10.1. The molecule has 4 nitrogen and oxygen atoms in total. The maximum Gasteiger partial charge on any atom is 0.362 e. The summed E-state index contributed by atoms with van der Waals surface area (Å²) in [5.41, 5.74) is 0.932. The monoisotopic (exact) mass is 299 g/mol. The summed E-state index contributed by atoms with van der Waals surface area (Å²) in [5.74, 6) is -0.0817. The Kier molecular flexibility index (Phi) is 3.46. The summed E-state index contributed by atoms with van der Waals surface area (Å²) in [7, 11) is 0. The molecule has 1 heterocycles. The highest BCUT2D eigenvalue weighted by Gasteiger charge is 2.07. The second-order valence-electron chi connectivity index (χ2n) is 4.39. The van der Waals surface area contributed by atoms with Gasteiger partial charge in [0.2, 0.25) is 0 Å². The summed E-state index contributed by atoms with van der Waals surface area (Å²) in [4.78, 5) is 16.0. The third-order valence-corrected chi connectivity index (χ3v) is 3.18. The number of benzene rings is 2. The van der Waals surface area contributed by atoms with Gasteiger partial charge in [0.05, 0.1) is 0 Å². The van der Waals surface area contributed by atoms with Gasteiger partial charge in [0.25, 0.3) is 0 Å². The molecule has 0 saturated carbocycles. The number of nitrogens with zero attached hydrogens (tertiary/aromatic N) is 1. The number of hydrogen-bond acceptors (Lipinski definition) is 4. The average molecular weight is 300 g/mol. The number of aliphatic hydroxyl groups is 1. The molecule has 21 heavy (non-hydrogen) atoms. The van der Waals surface area contributed by atoms with E-state index in [1.165, 1.54) is 6.08 Å². The van der Waals surface area contributed by atoms with Crippen molar-refractivity contribution in [2.45, 2.75) is 0 Å². The van der Waals surface area contributed by atoms with Crippen LogP contribution in [0.2, 0.25) is 5.02 Å². The number of halogens is 1. The normalized spacial score (nSPS) is 11.8. The summed E-state index contributed by atoms with van der Waals surface area (Å²) in [6.07, 6.45) is 1.28. The van der Waals surface area contributed by atoms with Crippen LogP contribution in [-0.2, 0) is 0 Å². The maximum atomic E-state index is 11.8. The fourth-order valence-corrected chi connectivity index (χ4v) is 2.01. The van der Waals surface area contributed by atoms with Gasteiger partial charge in [0.15, 0.2) is 11.3 Å². The first-order valence-corrected chi connectivity index (χ1v) is 6.58. The number of fused-ring (bicyclic) bond motifs is 1. The Morgan fingerprint density at radius 3 is 2.62 bits per heavy atom. The third-order valence-electron chi connectivity index (χ3n) is 2.93. The zero-order chi connectivity index (χ0) is 14.8. The van der Waals surface area contributed by atoms with Gasteiger partial charge in [0, 0.05) is 16.7 Å². The van der Waals surface area contributed by atoms with E-state index in [1.54, 1.807) is 48.5 Å². The van der Waals surface area contributed by atoms with Crippen molar-refractivity contribution >= 4 is 34.5 Å². The zero-order valence-electron chi connectivity index (χ0n) is 10.8. The van der Waals surface area contributed by atoms with Gasteiger partial charge < -0.3 is 9.52 Å². The summed E-state index contributed by atoms with van der Waals surface area (Å²) in [6.45, 7) is 0. The molecule has 0 radical (unpaired) electrons. The average Bonchev–Trinajstić information content (AvgIpc) is 2.48. The summed E-state index contributed by atoms with van der Waals surface area (Å²) >= 11 is 5.79. The molecule has 0 fully saturated rings. The predicted octanol–water partition coefficient (Wildman–Crippen LogP) is 3.90. The molecule has 0 atom stereocenters. The molecule has 1 N–H and O–H groups in total. The molecule has 2 aromatic carbocycles. The topological polar surface area (TPSA) is 63.3 Å². The van der Waals surface area contributed by atoms with Gasteiger partial charge in [-0.3, -0.25) is 0 Å². The Balaban J connectivity index is 2.07. The van der Waals surface area contributed by atoms with Crippen molar-refractivity contribution in [3.8, 4) is 0 Å². The van der Waals surface area contributed by atoms with Crippen LogP contribution < -0.4 is 5.63 Å². The molecule has 0 aliphatic carbocycles. The molecular formula is C16H10ClNO3. The van der Waals surface area contributed by atoms with E-state index in [-0.39, 0.29) is 11.5 Å². The number of hydrogen-bond donors (Lipinski definition) is 1. The SMILES string of the molecule is O=c1oc2ccccc2nc1C=C(O)c1ccc(Cl)cc1. The van der Waals surface area contributed by atoms with Crippen molar-refractivity contribution in [1.29, 1.82) is 0 Å². The fourth-order valence-electron chi connectivity index (χ4n) is 1.89. The Morgan fingerprint density at radius 2 is 1.86 bits per heavy atom. The van der Waals surface area contributed by atoms with Gasteiger partial charge in [-0.15, -0.1) is 0 Å². The number of rotatable bonds is 2. The molecule has 0 unspecified atom stereocenters. The van der Waals surface area contributed by atoms with Crippen molar-refractivity contribution in [3.05, 3.63) is 75.2 Å². The largest absolute Gasteiger partial charge is 0.507 e. The fraction of sp³-hybridized carbons (Fsp3) is 0. The van der Waals surface area contributed by atoms with E-state index in [9.17, 15) is 9.90 Å². The molecule has 0 spiro atoms. The third kappa shape index (κ3) is 2.80. The standard InChI is InChI=1S/C16H10ClNO3/c17-11-7-5-10(6-8-11)14(19)9-13-16(20)21-15-4-2-1-3-12(15)18-13/h1-9,19H. The number of aromatic nitrogens is 1. The van der Waals surface area contributed by atoms with Crippen LogP contribution in [0, 0.1) is 0 Å². The van der Waals surface area contributed by atoms with Gasteiger partial charge in [-0.1, -0.05) is 23.7 Å². The lowest BCUT2D eigenvalue weighted by Crippen LogP contribution is -2.06. The molecule has 104 valence electrons. The Bertz CT molecular complexity index is 882. The second-order valence-corrected chi connectivity index (χ2v) is 4.83. The zero-order valence-corrected chi connectivity index (χ0v) is 11.5. The highest BCUT2D eigenvalue weighted by Crippen LogP contribution is 2.17. The van der Waals surface area contributed by atoms with E-state index in [4.69, 9.17) is 16.0 Å². The van der Waals surface area contributed by atoms with Crippen molar-refractivity contribution in [3.63, 3.8) is 0 Å². The molecular weight excluding hydrogens is 290 g/mol. The van der Waals surface area contributed by atoms with Crippen molar-refractivity contribution in [2.75, 3.05) is 0 Å². The first-order valence-electron chi connectivity index (χ1n) is 6.20. The number of para-hydroxylation sites is 2. The summed E-state index contributed by atoms with van der Waals surface area (Å²) in [6, 6.07) is 13.5. The summed E-state index contributed by atoms with van der Waals surface area (Å²) < 4.78 is 5.15. The van der Waals surface area contributed by atoms with Crippen LogP contribution in [-0.4, -0.2) is 10.1 Å².